The molecule has 0 N–H and O–H groups in total. The third kappa shape index (κ3) is 4.60. The van der Waals surface area contributed by atoms with E-state index in [1.807, 2.05) is 19.9 Å². The van der Waals surface area contributed by atoms with Crippen LogP contribution in [0.25, 0.3) is 0 Å². The maximum Gasteiger partial charge on any atom is 0.389 e. The minimum atomic E-state index is -0.550. The molecule has 0 aliphatic rings. The van der Waals surface area contributed by atoms with Crippen LogP contribution >= 0.6 is 0 Å². The summed E-state index contributed by atoms with van der Waals surface area (Å²) < 4.78 is 10.4. The molecule has 0 unspecified atom stereocenters. The Balaban J connectivity index is 2.68. The first-order chi connectivity index (χ1) is 8.27. The van der Waals surface area contributed by atoms with Crippen LogP contribution in [0.1, 0.15) is 26.7 Å². The minimum Gasteiger partial charge on any atom is -0.490 e. The first-order valence-electron chi connectivity index (χ1n) is 5.70. The second-order valence-electron chi connectivity index (χ2n) is 3.32. The molecule has 0 fully saturated rings. The van der Waals surface area contributed by atoms with Gasteiger partial charge in [-0.05, 0) is 25.5 Å². The lowest BCUT2D eigenvalue weighted by atomic mass is 10.3. The fourth-order valence-corrected chi connectivity index (χ4v) is 1.19. The summed E-state index contributed by atoms with van der Waals surface area (Å²) in [5, 5.41) is 0. The largest absolute Gasteiger partial charge is 0.490 e. The molecule has 0 atom stereocenters. The lowest BCUT2D eigenvalue weighted by Crippen LogP contribution is -2.06. The van der Waals surface area contributed by atoms with Gasteiger partial charge in [-0.1, -0.05) is 25.0 Å². The number of para-hydroxylation sites is 2. The second-order valence-corrected chi connectivity index (χ2v) is 3.32. The normalized spacial score (nSPS) is 9.06. The van der Waals surface area contributed by atoms with Gasteiger partial charge in [0.1, 0.15) is 0 Å². The zero-order chi connectivity index (χ0) is 12.5. The van der Waals surface area contributed by atoms with Crippen LogP contribution < -0.4 is 9.47 Å². The zero-order valence-electron chi connectivity index (χ0n) is 10.2. The van der Waals surface area contributed by atoms with E-state index in [0.29, 0.717) is 24.5 Å². The molecule has 0 radical (unpaired) electrons. The molecule has 0 bridgehead atoms. The lowest BCUT2D eigenvalue weighted by Gasteiger charge is -2.07. The van der Waals surface area contributed by atoms with Crippen molar-refractivity contribution >= 4 is 5.97 Å². The van der Waals surface area contributed by atoms with Crippen molar-refractivity contribution in [2.75, 3.05) is 6.61 Å². The third-order valence-corrected chi connectivity index (χ3v) is 1.92. The quantitative estimate of drug-likeness (QED) is 0.346. The standard InChI is InChI=1S/C14H16O3/c1-3-5-6-11-14(15)17-13-10-8-7-9-12(13)16-4-2/h7-10H,3-5H2,1-2H3. The van der Waals surface area contributed by atoms with E-state index in [1.54, 1.807) is 18.2 Å². The Bertz CT molecular complexity index is 427. The van der Waals surface area contributed by atoms with Crippen LogP contribution in [0, 0.1) is 11.8 Å². The van der Waals surface area contributed by atoms with E-state index < -0.39 is 5.97 Å². The lowest BCUT2D eigenvalue weighted by molar-refractivity contribution is -0.128. The number of esters is 1. The smallest absolute Gasteiger partial charge is 0.389 e. The first-order valence-corrected chi connectivity index (χ1v) is 5.70. The topological polar surface area (TPSA) is 35.5 Å². The van der Waals surface area contributed by atoms with Gasteiger partial charge < -0.3 is 9.47 Å². The highest BCUT2D eigenvalue weighted by Gasteiger charge is 2.06. The number of carbonyl (C=O) groups excluding carboxylic acids is 1. The number of hydrogen-bond acceptors (Lipinski definition) is 3. The molecule has 0 saturated carbocycles. The van der Waals surface area contributed by atoms with E-state index in [4.69, 9.17) is 9.47 Å². The van der Waals surface area contributed by atoms with Crippen molar-refractivity contribution in [1.29, 1.82) is 0 Å². The predicted molar refractivity (Wildman–Crippen MR) is 65.9 cm³/mol. The van der Waals surface area contributed by atoms with Crippen molar-refractivity contribution in [3.05, 3.63) is 24.3 Å². The maximum atomic E-state index is 11.4. The fourth-order valence-electron chi connectivity index (χ4n) is 1.19. The summed E-state index contributed by atoms with van der Waals surface area (Å²) >= 11 is 0. The van der Waals surface area contributed by atoms with Crippen molar-refractivity contribution < 1.29 is 14.3 Å². The third-order valence-electron chi connectivity index (χ3n) is 1.92. The zero-order valence-corrected chi connectivity index (χ0v) is 10.2. The summed E-state index contributed by atoms with van der Waals surface area (Å²) in [5.41, 5.74) is 0. The van der Waals surface area contributed by atoms with E-state index >= 15 is 0 Å². The number of hydrogen-bond donors (Lipinski definition) is 0. The van der Waals surface area contributed by atoms with E-state index in [0.717, 1.165) is 6.42 Å². The molecule has 0 heterocycles. The van der Waals surface area contributed by atoms with Crippen molar-refractivity contribution in [3.8, 4) is 23.3 Å². The molecule has 3 nitrogen and oxygen atoms in total. The van der Waals surface area contributed by atoms with Crippen LogP contribution in [0.4, 0.5) is 0 Å². The molecule has 0 amide bonds. The van der Waals surface area contributed by atoms with Gasteiger partial charge in [0.25, 0.3) is 0 Å². The molecule has 0 aromatic heterocycles. The van der Waals surface area contributed by atoms with E-state index in [9.17, 15) is 4.79 Å². The van der Waals surface area contributed by atoms with Gasteiger partial charge in [-0.3, -0.25) is 0 Å². The summed E-state index contributed by atoms with van der Waals surface area (Å²) in [6, 6.07) is 7.05. The molecule has 90 valence electrons. The molecule has 1 aromatic carbocycles. The van der Waals surface area contributed by atoms with Gasteiger partial charge in [0.2, 0.25) is 0 Å². The first kappa shape index (κ1) is 13.1. The van der Waals surface area contributed by atoms with Crippen molar-refractivity contribution in [1.82, 2.24) is 0 Å². The fraction of sp³-hybridized carbons (Fsp3) is 0.357. The molecular weight excluding hydrogens is 216 g/mol. The number of rotatable bonds is 4. The predicted octanol–water partition coefficient (Wildman–Crippen LogP) is 2.79. The Labute approximate surface area is 102 Å². The Morgan fingerprint density at radius 2 is 1.94 bits per heavy atom. The highest BCUT2D eigenvalue weighted by atomic mass is 16.6. The Kier molecular flexibility index (Phi) is 5.67. The van der Waals surface area contributed by atoms with Gasteiger partial charge in [0.05, 0.1) is 6.61 Å². The van der Waals surface area contributed by atoms with Crippen molar-refractivity contribution in [2.24, 2.45) is 0 Å². The molecule has 0 aliphatic carbocycles. The van der Waals surface area contributed by atoms with Gasteiger partial charge in [-0.2, -0.15) is 0 Å². The highest BCUT2D eigenvalue weighted by Crippen LogP contribution is 2.26. The van der Waals surface area contributed by atoms with Gasteiger partial charge in [-0.15, -0.1) is 0 Å². The molecule has 0 spiro atoms. The van der Waals surface area contributed by atoms with Crippen LogP contribution in [-0.2, 0) is 4.79 Å². The van der Waals surface area contributed by atoms with E-state index in [-0.39, 0.29) is 0 Å². The van der Waals surface area contributed by atoms with Gasteiger partial charge >= 0.3 is 5.97 Å². The van der Waals surface area contributed by atoms with Crippen LogP contribution in [0.3, 0.4) is 0 Å². The molecule has 0 aliphatic heterocycles. The monoisotopic (exact) mass is 232 g/mol. The van der Waals surface area contributed by atoms with Crippen LogP contribution in [0.5, 0.6) is 11.5 Å². The molecule has 3 heteroatoms. The molecule has 1 aromatic rings. The average molecular weight is 232 g/mol. The summed E-state index contributed by atoms with van der Waals surface area (Å²) in [6.07, 6.45) is 1.62. The molecule has 17 heavy (non-hydrogen) atoms. The van der Waals surface area contributed by atoms with Crippen molar-refractivity contribution in [3.63, 3.8) is 0 Å². The summed E-state index contributed by atoms with van der Waals surface area (Å²) in [7, 11) is 0. The van der Waals surface area contributed by atoms with E-state index in [1.165, 1.54) is 0 Å². The second kappa shape index (κ2) is 7.34. The van der Waals surface area contributed by atoms with Crippen LogP contribution in [0.15, 0.2) is 24.3 Å². The molecule has 0 saturated heterocycles. The van der Waals surface area contributed by atoms with E-state index in [2.05, 4.69) is 11.8 Å². The Morgan fingerprint density at radius 3 is 2.59 bits per heavy atom. The summed E-state index contributed by atoms with van der Waals surface area (Å²) in [6.45, 7) is 4.40. The minimum absolute atomic E-state index is 0.408. The van der Waals surface area contributed by atoms with Crippen molar-refractivity contribution in [2.45, 2.75) is 26.7 Å². The highest BCUT2D eigenvalue weighted by molar-refractivity contribution is 5.90. The van der Waals surface area contributed by atoms with Crippen LogP contribution in [0.2, 0.25) is 0 Å². The maximum absolute atomic E-state index is 11.4. The summed E-state index contributed by atoms with van der Waals surface area (Å²) in [5.74, 6) is 5.59. The van der Waals surface area contributed by atoms with Crippen LogP contribution in [-0.4, -0.2) is 12.6 Å². The number of unbranched alkanes of at least 4 members (excludes halogenated alkanes) is 1. The van der Waals surface area contributed by atoms with Gasteiger partial charge in [0.15, 0.2) is 11.5 Å². The number of ether oxygens (including phenoxy) is 2. The van der Waals surface area contributed by atoms with Gasteiger partial charge in [0, 0.05) is 12.3 Å². The average Bonchev–Trinajstić information content (AvgIpc) is 2.32. The molecule has 1 rings (SSSR count). The SMILES string of the molecule is CCCC#CC(=O)Oc1ccccc1OCC. The Morgan fingerprint density at radius 1 is 1.24 bits per heavy atom. The number of benzene rings is 1. The summed E-state index contributed by atoms with van der Waals surface area (Å²) in [4.78, 5) is 11.4. The Hall–Kier alpha value is -1.95. The van der Waals surface area contributed by atoms with Gasteiger partial charge in [-0.25, -0.2) is 4.79 Å². The number of carbonyl (C=O) groups is 1. The molecular formula is C14H16O3.